The molecule has 0 heterocycles. The normalized spacial score (nSPS) is 17.2. The highest BCUT2D eigenvalue weighted by atomic mass is 15.2. The molecule has 92 valence electrons. The molecule has 0 bridgehead atoms. The van der Waals surface area contributed by atoms with Crippen molar-refractivity contribution in [1.29, 1.82) is 0 Å². The third-order valence-corrected chi connectivity index (χ3v) is 3.23. The molecule has 0 spiro atoms. The van der Waals surface area contributed by atoms with Gasteiger partial charge >= 0.3 is 0 Å². The Morgan fingerprint density at radius 2 is 1.53 bits per heavy atom. The second-order valence-corrected chi connectivity index (χ2v) is 6.13. The molecule has 15 heavy (non-hydrogen) atoms. The topological polar surface area (TPSA) is 15.3 Å². The van der Waals surface area contributed by atoms with Crippen LogP contribution in [0.15, 0.2) is 0 Å². The summed E-state index contributed by atoms with van der Waals surface area (Å²) in [5.41, 5.74) is 0.218. The predicted molar refractivity (Wildman–Crippen MR) is 69.3 cm³/mol. The monoisotopic (exact) mass is 214 g/mol. The maximum absolute atomic E-state index is 3.55. The van der Waals surface area contributed by atoms with E-state index in [1.165, 1.54) is 0 Å². The minimum Gasteiger partial charge on any atom is -0.311 e. The fourth-order valence-corrected chi connectivity index (χ4v) is 1.47. The standard InChI is InChI=1S/C13H30N2/c1-10(2)12(4)15(8)11(3)9-14-13(5,6)7/h10-12,14H,9H2,1-8H3. The van der Waals surface area contributed by atoms with E-state index < -0.39 is 0 Å². The van der Waals surface area contributed by atoms with Crippen LogP contribution in [0.1, 0.15) is 48.5 Å². The number of likely N-dealkylation sites (N-methyl/N-ethyl adjacent to an activating group) is 1. The minimum absolute atomic E-state index is 0.218. The van der Waals surface area contributed by atoms with Gasteiger partial charge in [0.15, 0.2) is 0 Å². The zero-order valence-corrected chi connectivity index (χ0v) is 11.9. The van der Waals surface area contributed by atoms with Gasteiger partial charge in [-0.3, -0.25) is 4.90 Å². The minimum atomic E-state index is 0.218. The van der Waals surface area contributed by atoms with Gasteiger partial charge in [-0.2, -0.15) is 0 Å². The van der Waals surface area contributed by atoms with E-state index in [2.05, 4.69) is 65.7 Å². The van der Waals surface area contributed by atoms with Crippen LogP contribution >= 0.6 is 0 Å². The number of nitrogens with zero attached hydrogens (tertiary/aromatic N) is 1. The molecule has 0 aromatic heterocycles. The summed E-state index contributed by atoms with van der Waals surface area (Å²) in [7, 11) is 2.22. The van der Waals surface area contributed by atoms with Crippen molar-refractivity contribution in [1.82, 2.24) is 10.2 Å². The van der Waals surface area contributed by atoms with Crippen molar-refractivity contribution in [2.45, 2.75) is 66.1 Å². The average molecular weight is 214 g/mol. The quantitative estimate of drug-likeness (QED) is 0.757. The van der Waals surface area contributed by atoms with Gasteiger partial charge in [0.05, 0.1) is 0 Å². The molecule has 0 aliphatic carbocycles. The number of rotatable bonds is 5. The Kier molecular flexibility index (Phi) is 5.82. The van der Waals surface area contributed by atoms with Crippen LogP contribution < -0.4 is 5.32 Å². The van der Waals surface area contributed by atoms with E-state index in [9.17, 15) is 0 Å². The van der Waals surface area contributed by atoms with Gasteiger partial charge in [0.2, 0.25) is 0 Å². The molecule has 0 aliphatic heterocycles. The zero-order valence-electron chi connectivity index (χ0n) is 11.9. The van der Waals surface area contributed by atoms with Crippen molar-refractivity contribution in [3.8, 4) is 0 Å². The Hall–Kier alpha value is -0.0800. The lowest BCUT2D eigenvalue weighted by atomic mass is 10.0. The highest BCUT2D eigenvalue weighted by Crippen LogP contribution is 2.11. The average Bonchev–Trinajstić information content (AvgIpc) is 2.10. The highest BCUT2D eigenvalue weighted by molar-refractivity contribution is 4.78. The fraction of sp³-hybridized carbons (Fsp3) is 1.00. The van der Waals surface area contributed by atoms with Gasteiger partial charge in [0.25, 0.3) is 0 Å². The molecule has 1 N–H and O–H groups in total. The molecule has 0 aromatic carbocycles. The van der Waals surface area contributed by atoms with Gasteiger partial charge in [-0.15, -0.1) is 0 Å². The highest BCUT2D eigenvalue weighted by Gasteiger charge is 2.19. The third-order valence-electron chi connectivity index (χ3n) is 3.23. The van der Waals surface area contributed by atoms with E-state index in [-0.39, 0.29) is 5.54 Å². The Morgan fingerprint density at radius 3 is 1.87 bits per heavy atom. The summed E-state index contributed by atoms with van der Waals surface area (Å²) in [5.74, 6) is 0.715. The molecule has 2 atom stereocenters. The summed E-state index contributed by atoms with van der Waals surface area (Å²) in [6.07, 6.45) is 0. The van der Waals surface area contributed by atoms with Crippen LogP contribution in [0.5, 0.6) is 0 Å². The lowest BCUT2D eigenvalue weighted by Gasteiger charge is -2.35. The first-order valence-corrected chi connectivity index (χ1v) is 6.12. The van der Waals surface area contributed by atoms with E-state index in [0.29, 0.717) is 18.0 Å². The second kappa shape index (κ2) is 5.86. The van der Waals surface area contributed by atoms with E-state index >= 15 is 0 Å². The molecule has 0 radical (unpaired) electrons. The molecule has 0 saturated carbocycles. The van der Waals surface area contributed by atoms with E-state index in [0.717, 1.165) is 6.54 Å². The third kappa shape index (κ3) is 6.16. The number of hydrogen-bond acceptors (Lipinski definition) is 2. The Labute approximate surface area is 96.4 Å². The summed E-state index contributed by atoms with van der Waals surface area (Å²) >= 11 is 0. The summed E-state index contributed by atoms with van der Waals surface area (Å²) in [4.78, 5) is 2.46. The first-order valence-electron chi connectivity index (χ1n) is 6.12. The van der Waals surface area contributed by atoms with Crippen molar-refractivity contribution in [2.75, 3.05) is 13.6 Å². The van der Waals surface area contributed by atoms with Crippen molar-refractivity contribution < 1.29 is 0 Å². The van der Waals surface area contributed by atoms with Crippen LogP contribution in [-0.2, 0) is 0 Å². The van der Waals surface area contributed by atoms with Crippen LogP contribution in [0.25, 0.3) is 0 Å². The fourth-order valence-electron chi connectivity index (χ4n) is 1.47. The molecular formula is C13H30N2. The van der Waals surface area contributed by atoms with Crippen LogP contribution in [-0.4, -0.2) is 36.1 Å². The second-order valence-electron chi connectivity index (χ2n) is 6.13. The van der Waals surface area contributed by atoms with Crippen molar-refractivity contribution >= 4 is 0 Å². The molecule has 2 heteroatoms. The molecule has 0 rings (SSSR count). The first kappa shape index (κ1) is 14.9. The summed E-state index contributed by atoms with van der Waals surface area (Å²) < 4.78 is 0. The molecule has 0 aliphatic rings. The lowest BCUT2D eigenvalue weighted by molar-refractivity contribution is 0.149. The summed E-state index contributed by atoms with van der Waals surface area (Å²) in [6, 6.07) is 1.23. The van der Waals surface area contributed by atoms with E-state index in [4.69, 9.17) is 0 Å². The SMILES string of the molecule is CC(C)C(C)N(C)C(C)CNC(C)(C)C. The number of nitrogens with one attached hydrogen (secondary N) is 1. The van der Waals surface area contributed by atoms with E-state index in [1.807, 2.05) is 0 Å². The van der Waals surface area contributed by atoms with Crippen molar-refractivity contribution in [2.24, 2.45) is 5.92 Å². The molecule has 0 saturated heterocycles. The first-order chi connectivity index (χ1) is 6.65. The lowest BCUT2D eigenvalue weighted by Crippen LogP contribution is -2.48. The maximum Gasteiger partial charge on any atom is 0.0192 e. The van der Waals surface area contributed by atoms with Crippen LogP contribution in [0, 0.1) is 5.92 Å². The van der Waals surface area contributed by atoms with Gasteiger partial charge in [0.1, 0.15) is 0 Å². The van der Waals surface area contributed by atoms with Gasteiger partial charge < -0.3 is 5.32 Å². The van der Waals surface area contributed by atoms with Crippen molar-refractivity contribution in [3.63, 3.8) is 0 Å². The van der Waals surface area contributed by atoms with Gasteiger partial charge in [-0.25, -0.2) is 0 Å². The predicted octanol–water partition coefficient (Wildman–Crippen LogP) is 2.74. The smallest absolute Gasteiger partial charge is 0.0192 e. The Balaban J connectivity index is 4.04. The molecular weight excluding hydrogens is 184 g/mol. The van der Waals surface area contributed by atoms with Gasteiger partial charge in [-0.05, 0) is 47.6 Å². The molecule has 0 amide bonds. The molecule has 0 fully saturated rings. The summed E-state index contributed by atoms with van der Waals surface area (Å²) in [6.45, 7) is 16.9. The van der Waals surface area contributed by atoms with Gasteiger partial charge in [-0.1, -0.05) is 13.8 Å². The molecule has 2 nitrogen and oxygen atoms in total. The number of hydrogen-bond donors (Lipinski definition) is 1. The van der Waals surface area contributed by atoms with Crippen LogP contribution in [0.3, 0.4) is 0 Å². The maximum atomic E-state index is 3.55. The van der Waals surface area contributed by atoms with Gasteiger partial charge in [0, 0.05) is 24.2 Å². The largest absolute Gasteiger partial charge is 0.311 e. The molecule has 2 unspecified atom stereocenters. The van der Waals surface area contributed by atoms with Crippen LogP contribution in [0.4, 0.5) is 0 Å². The zero-order chi connectivity index (χ0) is 12.2. The van der Waals surface area contributed by atoms with Crippen molar-refractivity contribution in [3.05, 3.63) is 0 Å². The Bertz CT molecular complexity index is 170. The van der Waals surface area contributed by atoms with E-state index in [1.54, 1.807) is 0 Å². The summed E-state index contributed by atoms with van der Waals surface area (Å²) in [5, 5.41) is 3.55. The Morgan fingerprint density at radius 1 is 1.07 bits per heavy atom. The van der Waals surface area contributed by atoms with Crippen LogP contribution in [0.2, 0.25) is 0 Å². The molecule has 0 aromatic rings.